The van der Waals surface area contributed by atoms with E-state index in [-0.39, 0.29) is 6.42 Å². The summed E-state index contributed by atoms with van der Waals surface area (Å²) in [6.07, 6.45) is -1.15. The molecule has 1 aromatic carbocycles. The Morgan fingerprint density at radius 1 is 1.43 bits per heavy atom. The zero-order chi connectivity index (χ0) is 16.8. The maximum absolute atomic E-state index is 13.1. The van der Waals surface area contributed by atoms with Crippen LogP contribution in [-0.2, 0) is 20.7 Å². The van der Waals surface area contributed by atoms with Gasteiger partial charge in [0.2, 0.25) is 0 Å². The number of esters is 1. The number of ether oxygens (including phenoxy) is 1. The molecule has 2 aromatic rings. The minimum absolute atomic E-state index is 0.127. The molecule has 5 nitrogen and oxygen atoms in total. The van der Waals surface area contributed by atoms with Gasteiger partial charge in [-0.2, -0.15) is 5.26 Å². The van der Waals surface area contributed by atoms with Crippen LogP contribution in [0.15, 0.2) is 35.7 Å². The minimum atomic E-state index is -1.02. The van der Waals surface area contributed by atoms with Gasteiger partial charge in [0.05, 0.1) is 12.0 Å². The second kappa shape index (κ2) is 7.51. The van der Waals surface area contributed by atoms with Gasteiger partial charge in [0, 0.05) is 0 Å². The lowest BCUT2D eigenvalue weighted by Gasteiger charge is -2.13. The summed E-state index contributed by atoms with van der Waals surface area (Å²) in [5.74, 6) is -1.61. The number of thiophene rings is 1. The Balaban J connectivity index is 1.90. The molecule has 0 unspecified atom stereocenters. The van der Waals surface area contributed by atoms with Crippen molar-refractivity contribution < 1.29 is 18.7 Å². The predicted octanol–water partition coefficient (Wildman–Crippen LogP) is 2.87. The number of amides is 1. The van der Waals surface area contributed by atoms with E-state index in [2.05, 4.69) is 5.32 Å². The lowest BCUT2D eigenvalue weighted by Crippen LogP contribution is -2.30. The first-order valence-corrected chi connectivity index (χ1v) is 7.60. The monoisotopic (exact) mass is 332 g/mol. The van der Waals surface area contributed by atoms with E-state index in [4.69, 9.17) is 10.00 Å². The molecule has 1 amide bonds. The van der Waals surface area contributed by atoms with E-state index in [1.54, 1.807) is 17.5 Å². The summed E-state index contributed by atoms with van der Waals surface area (Å²) in [5, 5.41) is 13.5. The topological polar surface area (TPSA) is 79.2 Å². The lowest BCUT2D eigenvalue weighted by molar-refractivity contribution is -0.152. The van der Waals surface area contributed by atoms with Gasteiger partial charge >= 0.3 is 5.97 Å². The zero-order valence-electron chi connectivity index (χ0n) is 12.2. The Morgan fingerprint density at radius 2 is 2.22 bits per heavy atom. The molecule has 0 aliphatic carbocycles. The highest BCUT2D eigenvalue weighted by molar-refractivity contribution is 7.14. The zero-order valence-corrected chi connectivity index (χ0v) is 13.0. The van der Waals surface area contributed by atoms with E-state index in [1.165, 1.54) is 36.5 Å². The van der Waals surface area contributed by atoms with Crippen molar-refractivity contribution in [2.45, 2.75) is 19.4 Å². The number of nitrogens with zero attached hydrogens (tertiary/aromatic N) is 1. The number of halogens is 1. The maximum Gasteiger partial charge on any atom is 0.311 e. The van der Waals surface area contributed by atoms with Gasteiger partial charge < -0.3 is 10.1 Å². The van der Waals surface area contributed by atoms with Crippen molar-refractivity contribution in [3.8, 4) is 6.07 Å². The van der Waals surface area contributed by atoms with Gasteiger partial charge in [0.1, 0.15) is 16.9 Å². The van der Waals surface area contributed by atoms with Crippen molar-refractivity contribution in [3.05, 3.63) is 52.7 Å². The normalized spacial score (nSPS) is 11.3. The van der Waals surface area contributed by atoms with Gasteiger partial charge in [-0.05, 0) is 36.1 Å². The molecule has 0 saturated heterocycles. The molecule has 1 N–H and O–H groups in total. The molecule has 7 heteroatoms. The summed E-state index contributed by atoms with van der Waals surface area (Å²) in [6.45, 7) is 1.43. The van der Waals surface area contributed by atoms with Gasteiger partial charge in [0.15, 0.2) is 6.10 Å². The molecule has 0 radical (unpaired) electrons. The van der Waals surface area contributed by atoms with Crippen LogP contribution in [-0.4, -0.2) is 18.0 Å². The van der Waals surface area contributed by atoms with Gasteiger partial charge in [0.25, 0.3) is 5.91 Å². The van der Waals surface area contributed by atoms with Crippen LogP contribution in [0.4, 0.5) is 9.39 Å². The second-order valence-electron chi connectivity index (χ2n) is 4.70. The van der Waals surface area contributed by atoms with Crippen molar-refractivity contribution in [3.63, 3.8) is 0 Å². The van der Waals surface area contributed by atoms with Crippen molar-refractivity contribution >= 4 is 28.2 Å². The SMILES string of the molecule is C[C@H](OC(=O)Cc1cccc(F)c1)C(=O)Nc1sccc1C#N. The third-order valence-electron chi connectivity index (χ3n) is 2.94. The molecule has 0 aliphatic rings. The summed E-state index contributed by atoms with van der Waals surface area (Å²) in [5.41, 5.74) is 0.814. The van der Waals surface area contributed by atoms with Crippen molar-refractivity contribution in [1.29, 1.82) is 5.26 Å². The number of hydrogen-bond acceptors (Lipinski definition) is 5. The number of rotatable bonds is 5. The Kier molecular flexibility index (Phi) is 5.44. The van der Waals surface area contributed by atoms with Crippen molar-refractivity contribution in [1.82, 2.24) is 0 Å². The van der Waals surface area contributed by atoms with E-state index in [0.717, 1.165) is 0 Å². The number of anilines is 1. The highest BCUT2D eigenvalue weighted by Crippen LogP contribution is 2.22. The smallest absolute Gasteiger partial charge is 0.311 e. The summed E-state index contributed by atoms with van der Waals surface area (Å²) >= 11 is 1.21. The molecule has 0 bridgehead atoms. The molecule has 0 spiro atoms. The third kappa shape index (κ3) is 4.63. The fraction of sp³-hybridized carbons (Fsp3) is 0.188. The van der Waals surface area contributed by atoms with Crippen LogP contribution < -0.4 is 5.32 Å². The molecule has 1 heterocycles. The summed E-state index contributed by atoms with van der Waals surface area (Å²) in [7, 11) is 0. The van der Waals surface area contributed by atoms with Crippen LogP contribution in [0, 0.1) is 17.1 Å². The van der Waals surface area contributed by atoms with Crippen molar-refractivity contribution in [2.75, 3.05) is 5.32 Å². The van der Waals surface area contributed by atoms with Gasteiger partial charge in [-0.1, -0.05) is 12.1 Å². The summed E-state index contributed by atoms with van der Waals surface area (Å²) < 4.78 is 18.1. The van der Waals surface area contributed by atoms with E-state index in [9.17, 15) is 14.0 Å². The summed E-state index contributed by atoms with van der Waals surface area (Å²) in [6, 6.07) is 9.14. The van der Waals surface area contributed by atoms with Gasteiger partial charge in [-0.25, -0.2) is 4.39 Å². The highest BCUT2D eigenvalue weighted by Gasteiger charge is 2.19. The first-order chi connectivity index (χ1) is 11.0. The fourth-order valence-corrected chi connectivity index (χ4v) is 2.55. The van der Waals surface area contributed by atoms with Gasteiger partial charge in [-0.15, -0.1) is 11.3 Å². The molecular weight excluding hydrogens is 319 g/mol. The van der Waals surface area contributed by atoms with Crippen LogP contribution >= 0.6 is 11.3 Å². The molecule has 2 rings (SSSR count). The molecule has 0 aliphatic heterocycles. The molecule has 118 valence electrons. The maximum atomic E-state index is 13.1. The fourth-order valence-electron chi connectivity index (χ4n) is 1.81. The highest BCUT2D eigenvalue weighted by atomic mass is 32.1. The van der Waals surface area contributed by atoms with E-state index in [0.29, 0.717) is 16.1 Å². The molecule has 1 atom stereocenters. The Morgan fingerprint density at radius 3 is 2.91 bits per heavy atom. The predicted molar refractivity (Wildman–Crippen MR) is 83.3 cm³/mol. The van der Waals surface area contributed by atoms with Crippen LogP contribution in [0.1, 0.15) is 18.1 Å². The molecular formula is C16H13FN2O3S. The molecule has 0 fully saturated rings. The average Bonchev–Trinajstić information content (AvgIpc) is 2.94. The molecule has 0 saturated carbocycles. The second-order valence-corrected chi connectivity index (χ2v) is 5.62. The Hall–Kier alpha value is -2.72. The molecule has 1 aromatic heterocycles. The Labute approximate surface area is 136 Å². The van der Waals surface area contributed by atoms with Crippen LogP contribution in [0.25, 0.3) is 0 Å². The quantitative estimate of drug-likeness (QED) is 0.854. The van der Waals surface area contributed by atoms with E-state index in [1.807, 2.05) is 6.07 Å². The standard InChI is InChI=1S/C16H13FN2O3S/c1-10(15(21)19-16-12(9-18)5-6-23-16)22-14(20)8-11-3-2-4-13(17)7-11/h2-7,10H,8H2,1H3,(H,19,21)/t10-/m0/s1. The number of benzene rings is 1. The lowest BCUT2D eigenvalue weighted by atomic mass is 10.1. The van der Waals surface area contributed by atoms with E-state index < -0.39 is 23.8 Å². The Bertz CT molecular complexity index is 767. The number of carbonyl (C=O) groups excluding carboxylic acids is 2. The van der Waals surface area contributed by atoms with Crippen LogP contribution in [0.2, 0.25) is 0 Å². The number of nitrogens with one attached hydrogen (secondary N) is 1. The number of carbonyl (C=O) groups is 2. The summed E-state index contributed by atoms with van der Waals surface area (Å²) in [4.78, 5) is 23.8. The first kappa shape index (κ1) is 16.6. The molecule has 23 heavy (non-hydrogen) atoms. The third-order valence-corrected chi connectivity index (χ3v) is 3.77. The first-order valence-electron chi connectivity index (χ1n) is 6.72. The van der Waals surface area contributed by atoms with Crippen molar-refractivity contribution in [2.24, 2.45) is 0 Å². The van der Waals surface area contributed by atoms with Crippen LogP contribution in [0.3, 0.4) is 0 Å². The minimum Gasteiger partial charge on any atom is -0.452 e. The van der Waals surface area contributed by atoms with Crippen LogP contribution in [0.5, 0.6) is 0 Å². The average molecular weight is 332 g/mol. The number of hydrogen-bond donors (Lipinski definition) is 1. The van der Waals surface area contributed by atoms with E-state index >= 15 is 0 Å². The van der Waals surface area contributed by atoms with Gasteiger partial charge in [-0.3, -0.25) is 9.59 Å². The number of nitriles is 1. The largest absolute Gasteiger partial charge is 0.452 e.